The molecule has 0 radical (unpaired) electrons. The van der Waals surface area contributed by atoms with E-state index in [-0.39, 0.29) is 6.42 Å². The third-order valence-electron chi connectivity index (χ3n) is 6.29. The lowest BCUT2D eigenvalue weighted by Crippen LogP contribution is -2.29. The van der Waals surface area contributed by atoms with E-state index in [2.05, 4.69) is 11.8 Å². The summed E-state index contributed by atoms with van der Waals surface area (Å²) < 4.78 is 11.9. The molecule has 3 aliphatic rings. The molecule has 0 aromatic rings. The minimum atomic E-state index is -0.736. The van der Waals surface area contributed by atoms with Crippen LogP contribution in [0.2, 0.25) is 0 Å². The zero-order valence-corrected chi connectivity index (χ0v) is 16.2. The molecule has 0 spiro atoms. The Bertz CT molecular complexity index is 411. The van der Waals surface area contributed by atoms with E-state index in [0.717, 1.165) is 24.9 Å². The van der Waals surface area contributed by atoms with E-state index in [0.29, 0.717) is 31.2 Å². The van der Waals surface area contributed by atoms with Crippen molar-refractivity contribution >= 4 is 17.7 Å². The molecule has 144 valence electrons. The summed E-state index contributed by atoms with van der Waals surface area (Å²) in [5.41, 5.74) is 0. The van der Waals surface area contributed by atoms with Gasteiger partial charge in [0.15, 0.2) is 0 Å². The number of carbonyl (C=O) groups is 1. The molecule has 2 aliphatic heterocycles. The predicted octanol–water partition coefficient (Wildman–Crippen LogP) is 4.37. The average Bonchev–Trinajstić information content (AvgIpc) is 3.32. The minimum absolute atomic E-state index is 0.206. The van der Waals surface area contributed by atoms with E-state index in [4.69, 9.17) is 14.6 Å². The van der Waals surface area contributed by atoms with Crippen molar-refractivity contribution in [3.8, 4) is 0 Å². The maximum absolute atomic E-state index is 10.5. The number of thioether (sulfide) groups is 1. The molecule has 4 nitrogen and oxygen atoms in total. The van der Waals surface area contributed by atoms with Crippen LogP contribution in [-0.2, 0) is 14.3 Å². The number of hydrogen-bond donors (Lipinski definition) is 1. The molecule has 3 fully saturated rings. The number of carboxylic acids is 1. The number of rotatable bonds is 12. The standard InChI is InChI=1S/C20H34O4S/c21-20(22)6-3-11-23-12-9-16-17(19-8-7-18(16)24-19)10-13-25-14-15-4-1-2-5-15/h15-19H,1-14H2,(H,21,22). The molecule has 2 bridgehead atoms. The summed E-state index contributed by atoms with van der Waals surface area (Å²) in [7, 11) is 0. The first kappa shape index (κ1) is 19.5. The maximum atomic E-state index is 10.5. The highest BCUT2D eigenvalue weighted by Crippen LogP contribution is 2.47. The van der Waals surface area contributed by atoms with Crippen LogP contribution in [0.3, 0.4) is 0 Å². The van der Waals surface area contributed by atoms with Crippen molar-refractivity contribution in [2.24, 2.45) is 17.8 Å². The number of aliphatic carboxylic acids is 1. The van der Waals surface area contributed by atoms with Crippen molar-refractivity contribution < 1.29 is 19.4 Å². The van der Waals surface area contributed by atoms with Gasteiger partial charge in [-0.3, -0.25) is 4.79 Å². The summed E-state index contributed by atoms with van der Waals surface area (Å²) >= 11 is 2.16. The van der Waals surface area contributed by atoms with Crippen molar-refractivity contribution in [2.75, 3.05) is 24.7 Å². The summed E-state index contributed by atoms with van der Waals surface area (Å²) in [4.78, 5) is 10.5. The molecule has 0 aromatic heterocycles. The quantitative estimate of drug-likeness (QED) is 0.517. The molecular weight excluding hydrogens is 336 g/mol. The number of ether oxygens (including phenoxy) is 2. The lowest BCUT2D eigenvalue weighted by Gasteiger charge is -2.28. The number of fused-ring (bicyclic) bond motifs is 2. The van der Waals surface area contributed by atoms with Gasteiger partial charge in [-0.15, -0.1) is 0 Å². The Labute approximate surface area is 156 Å². The molecular formula is C20H34O4S. The van der Waals surface area contributed by atoms with E-state index in [1.165, 1.54) is 56.5 Å². The molecule has 1 aliphatic carbocycles. The Morgan fingerprint density at radius 3 is 2.48 bits per heavy atom. The second kappa shape index (κ2) is 10.2. The highest BCUT2D eigenvalue weighted by molar-refractivity contribution is 7.99. The molecule has 3 rings (SSSR count). The van der Waals surface area contributed by atoms with Crippen LogP contribution >= 0.6 is 11.8 Å². The van der Waals surface area contributed by atoms with Gasteiger partial charge < -0.3 is 14.6 Å². The van der Waals surface area contributed by atoms with Crippen LogP contribution in [0, 0.1) is 17.8 Å². The van der Waals surface area contributed by atoms with Crippen molar-refractivity contribution in [3.63, 3.8) is 0 Å². The molecule has 0 aromatic carbocycles. The second-order valence-electron chi connectivity index (χ2n) is 8.03. The fourth-order valence-corrected chi connectivity index (χ4v) is 6.24. The summed E-state index contributed by atoms with van der Waals surface area (Å²) in [5.74, 6) is 4.27. The van der Waals surface area contributed by atoms with Gasteiger partial charge in [-0.1, -0.05) is 12.8 Å². The second-order valence-corrected chi connectivity index (χ2v) is 9.18. The molecule has 0 amide bonds. The van der Waals surface area contributed by atoms with Gasteiger partial charge in [0, 0.05) is 19.6 Å². The summed E-state index contributed by atoms with van der Waals surface area (Å²) in [6.07, 6.45) is 12.4. The number of carboxylic acid groups (broad SMARTS) is 1. The maximum Gasteiger partial charge on any atom is 0.303 e. The molecule has 4 unspecified atom stereocenters. The molecule has 2 saturated heterocycles. The van der Waals surface area contributed by atoms with Crippen LogP contribution in [0.4, 0.5) is 0 Å². The van der Waals surface area contributed by atoms with Crippen molar-refractivity contribution in [1.82, 2.24) is 0 Å². The van der Waals surface area contributed by atoms with Crippen LogP contribution in [0.25, 0.3) is 0 Å². The fourth-order valence-electron chi connectivity index (χ4n) is 4.96. The Balaban J connectivity index is 1.31. The summed E-state index contributed by atoms with van der Waals surface area (Å²) in [5, 5.41) is 8.65. The van der Waals surface area contributed by atoms with Crippen molar-refractivity contribution in [2.45, 2.75) is 76.4 Å². The first-order valence-electron chi connectivity index (χ1n) is 10.3. The molecule has 4 atom stereocenters. The van der Waals surface area contributed by atoms with Crippen LogP contribution in [0.15, 0.2) is 0 Å². The smallest absolute Gasteiger partial charge is 0.303 e. The van der Waals surface area contributed by atoms with Gasteiger partial charge >= 0.3 is 5.97 Å². The van der Waals surface area contributed by atoms with Crippen LogP contribution in [-0.4, -0.2) is 48.0 Å². The van der Waals surface area contributed by atoms with Crippen molar-refractivity contribution in [1.29, 1.82) is 0 Å². The van der Waals surface area contributed by atoms with Gasteiger partial charge in [0.1, 0.15) is 0 Å². The fraction of sp³-hybridized carbons (Fsp3) is 0.950. The van der Waals surface area contributed by atoms with Crippen LogP contribution < -0.4 is 0 Å². The minimum Gasteiger partial charge on any atom is -0.481 e. The summed E-state index contributed by atoms with van der Waals surface area (Å²) in [6, 6.07) is 0. The molecule has 2 heterocycles. The average molecular weight is 371 g/mol. The normalized spacial score (nSPS) is 31.8. The van der Waals surface area contributed by atoms with Gasteiger partial charge in [-0.25, -0.2) is 0 Å². The largest absolute Gasteiger partial charge is 0.481 e. The Hall–Kier alpha value is -0.260. The van der Waals surface area contributed by atoms with Gasteiger partial charge in [0.05, 0.1) is 12.2 Å². The SMILES string of the molecule is O=C(O)CCCOCCC1C2CCC(O2)C1CCSCC1CCCC1. The highest BCUT2D eigenvalue weighted by atomic mass is 32.2. The highest BCUT2D eigenvalue weighted by Gasteiger charge is 2.47. The van der Waals surface area contributed by atoms with Gasteiger partial charge in [-0.05, 0) is 74.2 Å². The molecule has 5 heteroatoms. The monoisotopic (exact) mass is 370 g/mol. The first-order chi connectivity index (χ1) is 12.2. The zero-order chi connectivity index (χ0) is 17.5. The van der Waals surface area contributed by atoms with E-state index < -0.39 is 5.97 Å². The Morgan fingerprint density at radius 2 is 1.76 bits per heavy atom. The van der Waals surface area contributed by atoms with E-state index >= 15 is 0 Å². The first-order valence-corrected chi connectivity index (χ1v) is 11.4. The lowest BCUT2D eigenvalue weighted by molar-refractivity contribution is -0.137. The van der Waals surface area contributed by atoms with E-state index in [1.54, 1.807) is 0 Å². The van der Waals surface area contributed by atoms with Gasteiger partial charge in [0.25, 0.3) is 0 Å². The lowest BCUT2D eigenvalue weighted by atomic mass is 9.76. The molecule has 1 N–H and O–H groups in total. The molecule has 25 heavy (non-hydrogen) atoms. The van der Waals surface area contributed by atoms with E-state index in [1.807, 2.05) is 0 Å². The van der Waals surface area contributed by atoms with E-state index in [9.17, 15) is 4.79 Å². The van der Waals surface area contributed by atoms with Gasteiger partial charge in [-0.2, -0.15) is 11.8 Å². The Kier molecular flexibility index (Phi) is 7.93. The third-order valence-corrected chi connectivity index (χ3v) is 7.52. The van der Waals surface area contributed by atoms with Crippen LogP contribution in [0.1, 0.15) is 64.2 Å². The summed E-state index contributed by atoms with van der Waals surface area (Å²) in [6.45, 7) is 1.32. The van der Waals surface area contributed by atoms with Crippen LogP contribution in [0.5, 0.6) is 0 Å². The van der Waals surface area contributed by atoms with Gasteiger partial charge in [0.2, 0.25) is 0 Å². The number of hydrogen-bond acceptors (Lipinski definition) is 4. The predicted molar refractivity (Wildman–Crippen MR) is 101 cm³/mol. The zero-order valence-electron chi connectivity index (χ0n) is 15.4. The molecule has 1 saturated carbocycles. The van der Waals surface area contributed by atoms with Crippen molar-refractivity contribution in [3.05, 3.63) is 0 Å². The topological polar surface area (TPSA) is 55.8 Å². The Morgan fingerprint density at radius 1 is 1.04 bits per heavy atom. The third kappa shape index (κ3) is 5.86.